The highest BCUT2D eigenvalue weighted by Gasteiger charge is 1.97. The molecule has 0 atom stereocenters. The Bertz CT molecular complexity index is 526. The van der Waals surface area contributed by atoms with Crippen LogP contribution in [-0.2, 0) is 0 Å². The molecule has 20 heavy (non-hydrogen) atoms. The molecule has 0 bridgehead atoms. The largest absolute Gasteiger partial charge is 0.497 e. The number of ether oxygens (including phenoxy) is 3. The van der Waals surface area contributed by atoms with Crippen LogP contribution >= 0.6 is 0 Å². The molecular formula is C16H19NO3. The number of benzene rings is 2. The minimum absolute atomic E-state index is 0.587. The first-order valence-corrected chi connectivity index (χ1v) is 6.46. The number of hydrogen-bond acceptors (Lipinski definition) is 4. The summed E-state index contributed by atoms with van der Waals surface area (Å²) in [5.74, 6) is 2.50. The van der Waals surface area contributed by atoms with Gasteiger partial charge in [-0.05, 0) is 36.4 Å². The standard InChI is InChI=1S/C16H19NO3/c1-18-14-6-8-15(9-7-14)20-11-10-17-13-4-3-5-16(12-13)19-2/h3-9,12,17H,10-11H2,1-2H3. The van der Waals surface area contributed by atoms with Crippen LogP contribution in [0.1, 0.15) is 0 Å². The van der Waals surface area contributed by atoms with E-state index in [1.807, 2.05) is 48.5 Å². The Kier molecular flexibility index (Phi) is 5.12. The fourth-order valence-electron chi connectivity index (χ4n) is 1.77. The van der Waals surface area contributed by atoms with Crippen LogP contribution in [0.3, 0.4) is 0 Å². The molecule has 1 N–H and O–H groups in total. The van der Waals surface area contributed by atoms with Crippen molar-refractivity contribution in [3.8, 4) is 17.2 Å². The molecule has 0 aliphatic heterocycles. The van der Waals surface area contributed by atoms with E-state index in [2.05, 4.69) is 5.32 Å². The summed E-state index contributed by atoms with van der Waals surface area (Å²) in [5.41, 5.74) is 1.02. The van der Waals surface area contributed by atoms with Crippen LogP contribution in [0.15, 0.2) is 48.5 Å². The molecule has 0 radical (unpaired) electrons. The Hall–Kier alpha value is -2.36. The van der Waals surface area contributed by atoms with E-state index >= 15 is 0 Å². The van der Waals surface area contributed by atoms with Crippen molar-refractivity contribution in [2.75, 3.05) is 32.7 Å². The Morgan fingerprint density at radius 3 is 2.25 bits per heavy atom. The molecular weight excluding hydrogens is 254 g/mol. The van der Waals surface area contributed by atoms with E-state index in [0.29, 0.717) is 6.61 Å². The smallest absolute Gasteiger partial charge is 0.120 e. The van der Waals surface area contributed by atoms with Crippen LogP contribution in [-0.4, -0.2) is 27.4 Å². The van der Waals surface area contributed by atoms with Gasteiger partial charge in [-0.2, -0.15) is 0 Å². The van der Waals surface area contributed by atoms with Crippen molar-refractivity contribution < 1.29 is 14.2 Å². The first-order chi connectivity index (χ1) is 9.81. The van der Waals surface area contributed by atoms with Crippen LogP contribution < -0.4 is 19.5 Å². The lowest BCUT2D eigenvalue weighted by Crippen LogP contribution is -2.11. The molecule has 2 aromatic carbocycles. The van der Waals surface area contributed by atoms with Crippen molar-refractivity contribution in [2.24, 2.45) is 0 Å². The molecule has 0 spiro atoms. The second-order valence-electron chi connectivity index (χ2n) is 4.18. The van der Waals surface area contributed by atoms with Gasteiger partial charge in [0, 0.05) is 18.3 Å². The van der Waals surface area contributed by atoms with Gasteiger partial charge in [0.25, 0.3) is 0 Å². The molecule has 0 unspecified atom stereocenters. The number of nitrogens with one attached hydrogen (secondary N) is 1. The predicted octanol–water partition coefficient (Wildman–Crippen LogP) is 3.19. The summed E-state index contributed by atoms with van der Waals surface area (Å²) in [4.78, 5) is 0. The molecule has 0 saturated carbocycles. The van der Waals surface area contributed by atoms with Crippen molar-refractivity contribution >= 4 is 5.69 Å². The van der Waals surface area contributed by atoms with E-state index in [-0.39, 0.29) is 0 Å². The molecule has 0 aromatic heterocycles. The van der Waals surface area contributed by atoms with Gasteiger partial charge in [-0.15, -0.1) is 0 Å². The molecule has 2 aromatic rings. The fraction of sp³-hybridized carbons (Fsp3) is 0.250. The van der Waals surface area contributed by atoms with Gasteiger partial charge in [-0.25, -0.2) is 0 Å². The fourth-order valence-corrected chi connectivity index (χ4v) is 1.77. The molecule has 106 valence electrons. The molecule has 0 amide bonds. The maximum Gasteiger partial charge on any atom is 0.120 e. The summed E-state index contributed by atoms with van der Waals surface area (Å²) >= 11 is 0. The lowest BCUT2D eigenvalue weighted by molar-refractivity contribution is 0.331. The molecule has 2 rings (SSSR count). The van der Waals surface area contributed by atoms with Crippen LogP contribution in [0.4, 0.5) is 5.69 Å². The second kappa shape index (κ2) is 7.28. The Morgan fingerprint density at radius 1 is 0.850 bits per heavy atom. The van der Waals surface area contributed by atoms with Crippen LogP contribution in [0.25, 0.3) is 0 Å². The van der Waals surface area contributed by atoms with E-state index in [1.54, 1.807) is 14.2 Å². The highest BCUT2D eigenvalue weighted by molar-refractivity contribution is 5.48. The molecule has 0 fully saturated rings. The summed E-state index contributed by atoms with van der Waals surface area (Å²) in [5, 5.41) is 3.28. The van der Waals surface area contributed by atoms with Crippen molar-refractivity contribution in [3.63, 3.8) is 0 Å². The third-order valence-corrected chi connectivity index (χ3v) is 2.83. The van der Waals surface area contributed by atoms with Gasteiger partial charge in [0.1, 0.15) is 23.9 Å². The maximum absolute atomic E-state index is 5.63. The molecule has 0 aliphatic rings. The highest BCUT2D eigenvalue weighted by atomic mass is 16.5. The van der Waals surface area contributed by atoms with Gasteiger partial charge in [0.05, 0.1) is 14.2 Å². The minimum Gasteiger partial charge on any atom is -0.497 e. The summed E-state index contributed by atoms with van der Waals surface area (Å²) in [7, 11) is 3.31. The molecule has 0 heterocycles. The van der Waals surface area contributed by atoms with Crippen LogP contribution in [0.2, 0.25) is 0 Å². The second-order valence-corrected chi connectivity index (χ2v) is 4.18. The van der Waals surface area contributed by atoms with Gasteiger partial charge >= 0.3 is 0 Å². The van der Waals surface area contributed by atoms with Gasteiger partial charge in [-0.3, -0.25) is 0 Å². The maximum atomic E-state index is 5.63. The predicted molar refractivity (Wildman–Crippen MR) is 80.0 cm³/mol. The van der Waals surface area contributed by atoms with E-state index in [4.69, 9.17) is 14.2 Å². The van der Waals surface area contributed by atoms with Crippen LogP contribution in [0, 0.1) is 0 Å². The van der Waals surface area contributed by atoms with Crippen molar-refractivity contribution in [1.82, 2.24) is 0 Å². The average Bonchev–Trinajstić information content (AvgIpc) is 2.52. The first kappa shape index (κ1) is 14.1. The molecule has 0 saturated heterocycles. The average molecular weight is 273 g/mol. The third-order valence-electron chi connectivity index (χ3n) is 2.83. The Labute approximate surface area is 119 Å². The third kappa shape index (κ3) is 4.09. The monoisotopic (exact) mass is 273 g/mol. The zero-order valence-corrected chi connectivity index (χ0v) is 11.8. The Balaban J connectivity index is 1.75. The van der Waals surface area contributed by atoms with E-state index in [0.717, 1.165) is 29.5 Å². The number of rotatable bonds is 7. The lowest BCUT2D eigenvalue weighted by Gasteiger charge is -2.10. The van der Waals surface area contributed by atoms with E-state index in [1.165, 1.54) is 0 Å². The molecule has 0 aliphatic carbocycles. The van der Waals surface area contributed by atoms with Gasteiger partial charge in [0.2, 0.25) is 0 Å². The highest BCUT2D eigenvalue weighted by Crippen LogP contribution is 2.18. The van der Waals surface area contributed by atoms with E-state index < -0.39 is 0 Å². The zero-order chi connectivity index (χ0) is 14.2. The van der Waals surface area contributed by atoms with Gasteiger partial charge < -0.3 is 19.5 Å². The summed E-state index contributed by atoms with van der Waals surface area (Å²) in [6, 6.07) is 15.4. The normalized spacial score (nSPS) is 9.90. The SMILES string of the molecule is COc1ccc(OCCNc2cccc(OC)c2)cc1. The zero-order valence-electron chi connectivity index (χ0n) is 11.8. The number of anilines is 1. The van der Waals surface area contributed by atoms with Gasteiger partial charge in [0.15, 0.2) is 0 Å². The van der Waals surface area contributed by atoms with Crippen molar-refractivity contribution in [3.05, 3.63) is 48.5 Å². The van der Waals surface area contributed by atoms with Crippen molar-refractivity contribution in [2.45, 2.75) is 0 Å². The number of hydrogen-bond donors (Lipinski definition) is 1. The van der Waals surface area contributed by atoms with Crippen LogP contribution in [0.5, 0.6) is 17.2 Å². The minimum atomic E-state index is 0.587. The van der Waals surface area contributed by atoms with Gasteiger partial charge in [-0.1, -0.05) is 6.07 Å². The summed E-state index contributed by atoms with van der Waals surface area (Å²) in [6.45, 7) is 1.31. The Morgan fingerprint density at radius 2 is 1.55 bits per heavy atom. The number of methoxy groups -OCH3 is 2. The van der Waals surface area contributed by atoms with Crippen molar-refractivity contribution in [1.29, 1.82) is 0 Å². The lowest BCUT2D eigenvalue weighted by atomic mass is 10.3. The molecule has 4 nitrogen and oxygen atoms in total. The quantitative estimate of drug-likeness (QED) is 0.786. The van der Waals surface area contributed by atoms with E-state index in [9.17, 15) is 0 Å². The summed E-state index contributed by atoms with van der Waals surface area (Å²) < 4.78 is 15.9. The topological polar surface area (TPSA) is 39.7 Å². The first-order valence-electron chi connectivity index (χ1n) is 6.46. The summed E-state index contributed by atoms with van der Waals surface area (Å²) in [6.07, 6.45) is 0. The molecule has 4 heteroatoms.